The first kappa shape index (κ1) is 13.4. The zero-order valence-electron chi connectivity index (χ0n) is 11.3. The maximum Gasteiger partial charge on any atom is 0.410 e. The zero-order valence-corrected chi connectivity index (χ0v) is 11.3. The Hall–Kier alpha value is -1.07. The molecule has 0 aromatic heterocycles. The van der Waals surface area contributed by atoms with E-state index in [1.165, 1.54) is 0 Å². The van der Waals surface area contributed by atoms with Crippen molar-refractivity contribution < 1.29 is 19.0 Å². The molecule has 2 aliphatic rings. The summed E-state index contributed by atoms with van der Waals surface area (Å²) in [5.74, 6) is 0. The van der Waals surface area contributed by atoms with Crippen LogP contribution < -0.4 is 0 Å². The van der Waals surface area contributed by atoms with Gasteiger partial charge >= 0.3 is 6.09 Å². The highest BCUT2D eigenvalue weighted by Gasteiger charge is 2.27. The van der Waals surface area contributed by atoms with Gasteiger partial charge in [-0.3, -0.25) is 0 Å². The molecule has 1 amide bonds. The van der Waals surface area contributed by atoms with Crippen LogP contribution in [0.2, 0.25) is 0 Å². The molecule has 0 aromatic carbocycles. The van der Waals surface area contributed by atoms with Crippen molar-refractivity contribution in [1.29, 1.82) is 0 Å². The number of carbonyl (C=O) groups excluding carboxylic acids is 1. The van der Waals surface area contributed by atoms with Crippen LogP contribution in [0, 0.1) is 0 Å². The van der Waals surface area contributed by atoms with Crippen molar-refractivity contribution in [2.24, 2.45) is 0 Å². The van der Waals surface area contributed by atoms with Crippen LogP contribution >= 0.6 is 0 Å². The van der Waals surface area contributed by atoms with Crippen LogP contribution in [0.4, 0.5) is 4.79 Å². The molecule has 5 heteroatoms. The van der Waals surface area contributed by atoms with Gasteiger partial charge < -0.3 is 19.1 Å². The summed E-state index contributed by atoms with van der Waals surface area (Å²) in [5, 5.41) is 0. The number of rotatable bonds is 1. The summed E-state index contributed by atoms with van der Waals surface area (Å²) in [4.78, 5) is 13.6. The maximum absolute atomic E-state index is 11.9. The molecule has 1 saturated heterocycles. The van der Waals surface area contributed by atoms with Gasteiger partial charge in [-0.25, -0.2) is 4.79 Å². The largest absolute Gasteiger partial charge is 0.444 e. The van der Waals surface area contributed by atoms with Gasteiger partial charge in [0, 0.05) is 13.1 Å². The Morgan fingerprint density at radius 3 is 2.56 bits per heavy atom. The van der Waals surface area contributed by atoms with Crippen LogP contribution in [0.3, 0.4) is 0 Å². The summed E-state index contributed by atoms with van der Waals surface area (Å²) in [6.45, 7) is 8.13. The van der Waals surface area contributed by atoms with Gasteiger partial charge in [0.1, 0.15) is 5.60 Å². The highest BCUT2D eigenvalue weighted by Crippen LogP contribution is 2.22. The zero-order chi connectivity index (χ0) is 13.2. The minimum absolute atomic E-state index is 0.203. The van der Waals surface area contributed by atoms with Crippen molar-refractivity contribution in [3.63, 3.8) is 0 Å². The first-order valence-corrected chi connectivity index (χ1v) is 6.36. The summed E-state index contributed by atoms with van der Waals surface area (Å²) in [6.07, 6.45) is 2.32. The standard InChI is InChI=1S/C13H21NO4/c1-13(2,3)18-12(15)14-6-4-10(5-7-14)11-16-8-9-17-11/h4,11H,5-9H2,1-3H3. The average Bonchev–Trinajstić information content (AvgIpc) is 2.80. The molecule has 5 nitrogen and oxygen atoms in total. The van der Waals surface area contributed by atoms with E-state index >= 15 is 0 Å². The lowest BCUT2D eigenvalue weighted by atomic mass is 10.1. The summed E-state index contributed by atoms with van der Waals surface area (Å²) in [5.41, 5.74) is 0.686. The van der Waals surface area contributed by atoms with Crippen LogP contribution in [-0.4, -0.2) is 49.2 Å². The van der Waals surface area contributed by atoms with E-state index in [4.69, 9.17) is 14.2 Å². The first-order valence-electron chi connectivity index (χ1n) is 6.36. The van der Waals surface area contributed by atoms with Crippen LogP contribution in [0.5, 0.6) is 0 Å². The van der Waals surface area contributed by atoms with Crippen molar-refractivity contribution in [2.75, 3.05) is 26.3 Å². The molecule has 2 aliphatic heterocycles. The Labute approximate surface area is 108 Å². The van der Waals surface area contributed by atoms with Crippen molar-refractivity contribution in [3.8, 4) is 0 Å². The third-order valence-electron chi connectivity index (χ3n) is 2.82. The molecule has 0 bridgehead atoms. The molecule has 102 valence electrons. The van der Waals surface area contributed by atoms with Gasteiger partial charge in [0.05, 0.1) is 13.2 Å². The van der Waals surface area contributed by atoms with Gasteiger partial charge in [0.25, 0.3) is 0 Å². The van der Waals surface area contributed by atoms with Gasteiger partial charge in [-0.1, -0.05) is 6.08 Å². The smallest absolute Gasteiger partial charge is 0.410 e. The molecule has 0 aliphatic carbocycles. The number of amides is 1. The Morgan fingerprint density at radius 1 is 1.39 bits per heavy atom. The quantitative estimate of drug-likeness (QED) is 0.672. The van der Waals surface area contributed by atoms with Gasteiger partial charge in [0.2, 0.25) is 0 Å². The van der Waals surface area contributed by atoms with E-state index in [2.05, 4.69) is 0 Å². The number of ether oxygens (including phenoxy) is 3. The summed E-state index contributed by atoms with van der Waals surface area (Å²) in [6, 6.07) is 0. The maximum atomic E-state index is 11.9. The highest BCUT2D eigenvalue weighted by atomic mass is 16.7. The molecule has 2 rings (SSSR count). The predicted molar refractivity (Wildman–Crippen MR) is 66.2 cm³/mol. The molecule has 0 unspecified atom stereocenters. The molecule has 0 N–H and O–H groups in total. The Balaban J connectivity index is 1.87. The van der Waals surface area contributed by atoms with Crippen LogP contribution in [0.15, 0.2) is 11.6 Å². The predicted octanol–water partition coefficient (Wildman–Crippen LogP) is 1.93. The van der Waals surface area contributed by atoms with Crippen molar-refractivity contribution >= 4 is 6.09 Å². The molecule has 2 heterocycles. The molecular formula is C13H21NO4. The molecule has 0 atom stereocenters. The second kappa shape index (κ2) is 5.28. The van der Waals surface area contributed by atoms with Gasteiger partial charge in [-0.15, -0.1) is 0 Å². The van der Waals surface area contributed by atoms with E-state index in [1.54, 1.807) is 4.90 Å². The number of hydrogen-bond acceptors (Lipinski definition) is 4. The van der Waals surface area contributed by atoms with Crippen molar-refractivity contribution in [1.82, 2.24) is 4.90 Å². The Morgan fingerprint density at radius 2 is 2.06 bits per heavy atom. The van der Waals surface area contributed by atoms with E-state index in [1.807, 2.05) is 26.8 Å². The van der Waals surface area contributed by atoms with Crippen LogP contribution in [0.25, 0.3) is 0 Å². The summed E-state index contributed by atoms with van der Waals surface area (Å²) < 4.78 is 16.2. The second-order valence-electron chi connectivity index (χ2n) is 5.53. The molecule has 1 fully saturated rings. The Bertz CT molecular complexity index is 339. The van der Waals surface area contributed by atoms with Gasteiger partial charge in [-0.2, -0.15) is 0 Å². The van der Waals surface area contributed by atoms with Crippen molar-refractivity contribution in [2.45, 2.75) is 39.1 Å². The highest BCUT2D eigenvalue weighted by molar-refractivity contribution is 5.68. The fourth-order valence-corrected chi connectivity index (χ4v) is 1.96. The third kappa shape index (κ3) is 3.46. The van der Waals surface area contributed by atoms with E-state index in [0.29, 0.717) is 26.3 Å². The fraction of sp³-hybridized carbons (Fsp3) is 0.769. The van der Waals surface area contributed by atoms with Crippen LogP contribution in [-0.2, 0) is 14.2 Å². The van der Waals surface area contributed by atoms with Gasteiger partial charge in [0.15, 0.2) is 6.29 Å². The first-order chi connectivity index (χ1) is 8.46. The SMILES string of the molecule is CC(C)(C)OC(=O)N1CC=C(C2OCCO2)CC1. The lowest BCUT2D eigenvalue weighted by molar-refractivity contribution is -0.0172. The van der Waals surface area contributed by atoms with E-state index in [0.717, 1.165) is 12.0 Å². The molecule has 0 radical (unpaired) electrons. The van der Waals surface area contributed by atoms with E-state index in [9.17, 15) is 4.79 Å². The average molecular weight is 255 g/mol. The monoisotopic (exact) mass is 255 g/mol. The summed E-state index contributed by atoms with van der Waals surface area (Å²) >= 11 is 0. The summed E-state index contributed by atoms with van der Waals surface area (Å²) in [7, 11) is 0. The Kier molecular flexibility index (Phi) is 3.92. The number of carbonyl (C=O) groups is 1. The lowest BCUT2D eigenvalue weighted by Crippen LogP contribution is -2.40. The fourth-order valence-electron chi connectivity index (χ4n) is 1.96. The molecule has 0 aromatic rings. The van der Waals surface area contributed by atoms with Crippen molar-refractivity contribution in [3.05, 3.63) is 11.6 Å². The number of hydrogen-bond donors (Lipinski definition) is 0. The van der Waals surface area contributed by atoms with E-state index in [-0.39, 0.29) is 12.4 Å². The minimum atomic E-state index is -0.446. The number of nitrogens with zero attached hydrogens (tertiary/aromatic N) is 1. The lowest BCUT2D eigenvalue weighted by Gasteiger charge is -2.30. The van der Waals surface area contributed by atoms with Crippen LogP contribution in [0.1, 0.15) is 27.2 Å². The molecular weight excluding hydrogens is 234 g/mol. The van der Waals surface area contributed by atoms with Gasteiger partial charge in [-0.05, 0) is 32.8 Å². The minimum Gasteiger partial charge on any atom is -0.444 e. The molecule has 18 heavy (non-hydrogen) atoms. The third-order valence-corrected chi connectivity index (χ3v) is 2.82. The normalized spacial score (nSPS) is 21.9. The molecule has 0 saturated carbocycles. The second-order valence-corrected chi connectivity index (χ2v) is 5.53. The topological polar surface area (TPSA) is 48.0 Å². The van der Waals surface area contributed by atoms with E-state index < -0.39 is 5.60 Å². The molecule has 0 spiro atoms.